The Labute approximate surface area is 84.2 Å². The molecule has 1 fully saturated rings. The summed E-state index contributed by atoms with van der Waals surface area (Å²) in [6, 6.07) is 0. The Bertz CT molecular complexity index is 365. The number of amides is 1. The van der Waals surface area contributed by atoms with E-state index in [0.717, 1.165) is 12.8 Å². The van der Waals surface area contributed by atoms with Gasteiger partial charge in [0.25, 0.3) is 0 Å². The van der Waals surface area contributed by atoms with E-state index in [1.807, 2.05) is 20.8 Å². The second-order valence-corrected chi connectivity index (χ2v) is 5.04. The van der Waals surface area contributed by atoms with Crippen molar-refractivity contribution in [2.24, 2.45) is 9.78 Å². The van der Waals surface area contributed by atoms with Crippen LogP contribution in [0.2, 0.25) is 0 Å². The lowest BCUT2D eigenvalue weighted by Gasteiger charge is -2.29. The molecule has 0 heterocycles. The molecule has 0 aromatic carbocycles. The molecule has 1 amide bonds. The first-order chi connectivity index (χ1) is 6.27. The fraction of sp³-hybridized carbons (Fsp3) is 0.875. The molecule has 0 N–H and O–H groups in total. The summed E-state index contributed by atoms with van der Waals surface area (Å²) >= 11 is 0. The average Bonchev–Trinajstić information content (AvgIpc) is 2.64. The summed E-state index contributed by atoms with van der Waals surface area (Å²) in [5, 5.41) is 0. The van der Waals surface area contributed by atoms with Gasteiger partial charge in [-0.3, -0.25) is 0 Å². The monoisotopic (exact) mass is 219 g/mol. The third-order valence-electron chi connectivity index (χ3n) is 2.50. The molecule has 6 heteroatoms. The summed E-state index contributed by atoms with van der Waals surface area (Å²) in [5.41, 5.74) is -0.699. The first-order valence-electron chi connectivity index (χ1n) is 4.31. The number of ether oxygens (including phenoxy) is 1. The van der Waals surface area contributed by atoms with Gasteiger partial charge in [-0.1, -0.05) is 25.1 Å². The normalized spacial score (nSPS) is 18.5. The van der Waals surface area contributed by atoms with Gasteiger partial charge in [-0.05, 0) is 12.8 Å². The van der Waals surface area contributed by atoms with Gasteiger partial charge in [0.15, 0.2) is 0 Å². The third kappa shape index (κ3) is 2.31. The molecule has 0 atom stereocenters. The molecule has 0 aliphatic heterocycles. The van der Waals surface area contributed by atoms with Gasteiger partial charge in [0.1, 0.15) is 5.60 Å². The number of rotatable bonds is 1. The van der Waals surface area contributed by atoms with Crippen LogP contribution in [-0.2, 0) is 15.2 Å². The highest BCUT2D eigenvalue weighted by molar-refractivity contribution is 7.62. The molecule has 0 saturated heterocycles. The molecular formula is C8H13NO4S. The van der Waals surface area contributed by atoms with Gasteiger partial charge in [-0.25, -0.2) is 4.79 Å². The van der Waals surface area contributed by atoms with Gasteiger partial charge in [0.2, 0.25) is 0 Å². The quantitative estimate of drug-likeness (QED) is 0.673. The Morgan fingerprint density at radius 3 is 2.14 bits per heavy atom. The van der Waals surface area contributed by atoms with E-state index < -0.39 is 22.2 Å². The molecule has 0 radical (unpaired) electrons. The summed E-state index contributed by atoms with van der Waals surface area (Å²) in [4.78, 5) is 11.0. The summed E-state index contributed by atoms with van der Waals surface area (Å²) < 4.78 is 28.0. The van der Waals surface area contributed by atoms with Gasteiger partial charge in [0.05, 0.1) is 0 Å². The minimum atomic E-state index is -2.73. The minimum Gasteiger partial charge on any atom is -0.440 e. The van der Waals surface area contributed by atoms with Crippen LogP contribution >= 0.6 is 0 Å². The van der Waals surface area contributed by atoms with Crippen LogP contribution in [-0.4, -0.2) is 20.1 Å². The van der Waals surface area contributed by atoms with Crippen molar-refractivity contribution in [3.63, 3.8) is 0 Å². The van der Waals surface area contributed by atoms with Crippen LogP contribution in [0.3, 0.4) is 0 Å². The molecule has 0 aromatic heterocycles. The zero-order chi connectivity index (χ0) is 11.0. The van der Waals surface area contributed by atoms with Crippen molar-refractivity contribution >= 4 is 16.6 Å². The molecule has 0 spiro atoms. The molecular weight excluding hydrogens is 206 g/mol. The van der Waals surface area contributed by atoms with Crippen molar-refractivity contribution in [3.05, 3.63) is 0 Å². The molecule has 1 saturated carbocycles. The highest BCUT2D eigenvalue weighted by atomic mass is 32.2. The zero-order valence-corrected chi connectivity index (χ0v) is 9.22. The molecule has 5 nitrogen and oxygen atoms in total. The van der Waals surface area contributed by atoms with E-state index in [-0.39, 0.29) is 5.41 Å². The van der Waals surface area contributed by atoms with Crippen LogP contribution in [0.25, 0.3) is 0 Å². The van der Waals surface area contributed by atoms with Crippen molar-refractivity contribution < 1.29 is 17.9 Å². The fourth-order valence-electron chi connectivity index (χ4n) is 1.37. The lowest BCUT2D eigenvalue weighted by atomic mass is 9.86. The number of hydrogen-bond donors (Lipinski definition) is 0. The zero-order valence-electron chi connectivity index (χ0n) is 8.40. The molecule has 1 aliphatic carbocycles. The highest BCUT2D eigenvalue weighted by Gasteiger charge is 2.55. The minimum absolute atomic E-state index is 0.178. The number of nitrogens with zero attached hydrogens (tertiary/aromatic N) is 1. The first kappa shape index (κ1) is 11.2. The van der Waals surface area contributed by atoms with E-state index in [4.69, 9.17) is 4.74 Å². The maximum atomic E-state index is 11.0. The summed E-state index contributed by atoms with van der Waals surface area (Å²) in [6.07, 6.45) is 0.512. The van der Waals surface area contributed by atoms with Crippen molar-refractivity contribution in [1.82, 2.24) is 0 Å². The molecule has 1 aliphatic rings. The summed E-state index contributed by atoms with van der Waals surface area (Å²) in [6.45, 7) is 5.84. The third-order valence-corrected chi connectivity index (χ3v) is 2.80. The molecule has 14 heavy (non-hydrogen) atoms. The predicted molar refractivity (Wildman–Crippen MR) is 49.2 cm³/mol. The van der Waals surface area contributed by atoms with Gasteiger partial charge < -0.3 is 4.74 Å². The summed E-state index contributed by atoms with van der Waals surface area (Å²) in [7, 11) is -2.73. The van der Waals surface area contributed by atoms with Crippen molar-refractivity contribution in [2.45, 2.75) is 39.2 Å². The van der Waals surface area contributed by atoms with Crippen LogP contribution in [0.1, 0.15) is 33.6 Å². The largest absolute Gasteiger partial charge is 0.449 e. The molecule has 0 unspecified atom stereocenters. The van der Waals surface area contributed by atoms with Crippen LogP contribution in [0.4, 0.5) is 4.79 Å². The van der Waals surface area contributed by atoms with Crippen LogP contribution < -0.4 is 0 Å². The second kappa shape index (κ2) is 3.34. The first-order valence-corrected chi connectivity index (χ1v) is 5.34. The Hall–Kier alpha value is -0.910. The van der Waals surface area contributed by atoms with E-state index in [9.17, 15) is 13.2 Å². The van der Waals surface area contributed by atoms with Crippen molar-refractivity contribution in [2.75, 3.05) is 0 Å². The maximum absolute atomic E-state index is 11.0. The SMILES string of the molecule is CC(C)(C)C1(OC(=O)N=S(=O)=O)CC1. The summed E-state index contributed by atoms with van der Waals surface area (Å²) in [5.74, 6) is 0. The van der Waals surface area contributed by atoms with Crippen LogP contribution in [0.5, 0.6) is 0 Å². The smallest absolute Gasteiger partial charge is 0.440 e. The molecule has 0 aromatic rings. The average molecular weight is 219 g/mol. The predicted octanol–water partition coefficient (Wildman–Crippen LogP) is 1.76. The van der Waals surface area contributed by atoms with Gasteiger partial charge >= 0.3 is 16.6 Å². The van der Waals surface area contributed by atoms with E-state index in [2.05, 4.69) is 4.36 Å². The number of hydrogen-bond acceptors (Lipinski definition) is 4. The van der Waals surface area contributed by atoms with E-state index in [1.54, 1.807) is 0 Å². The number of carbonyl (C=O) groups excluding carboxylic acids is 1. The Kier molecular flexibility index (Phi) is 2.67. The fourth-order valence-corrected chi connectivity index (χ4v) is 1.52. The maximum Gasteiger partial charge on any atom is 0.449 e. The standard InChI is InChI=1S/C8H13NO4S/c1-7(2,3)8(4-5-8)13-6(10)9-14(11)12/h4-5H2,1-3H3. The van der Waals surface area contributed by atoms with Gasteiger partial charge in [0, 0.05) is 5.41 Å². The Morgan fingerprint density at radius 1 is 1.36 bits per heavy atom. The molecule has 80 valence electrons. The lowest BCUT2D eigenvalue weighted by Crippen LogP contribution is -2.32. The van der Waals surface area contributed by atoms with Crippen molar-refractivity contribution in [3.8, 4) is 0 Å². The molecule has 0 bridgehead atoms. The van der Waals surface area contributed by atoms with Crippen LogP contribution in [0.15, 0.2) is 4.36 Å². The van der Waals surface area contributed by atoms with E-state index >= 15 is 0 Å². The topological polar surface area (TPSA) is 72.8 Å². The van der Waals surface area contributed by atoms with E-state index in [1.165, 1.54) is 0 Å². The lowest BCUT2D eigenvalue weighted by molar-refractivity contribution is 0.0166. The Morgan fingerprint density at radius 2 is 1.86 bits per heavy atom. The highest BCUT2D eigenvalue weighted by Crippen LogP contribution is 2.52. The second-order valence-electron chi connectivity index (χ2n) is 4.42. The van der Waals surface area contributed by atoms with Gasteiger partial charge in [-0.2, -0.15) is 8.42 Å². The Balaban J connectivity index is 2.71. The molecule has 1 rings (SSSR count). The van der Waals surface area contributed by atoms with E-state index in [0.29, 0.717) is 0 Å². The number of carbonyl (C=O) groups is 1. The van der Waals surface area contributed by atoms with Crippen molar-refractivity contribution in [1.29, 1.82) is 0 Å². The van der Waals surface area contributed by atoms with Crippen LogP contribution in [0, 0.1) is 5.41 Å². The van der Waals surface area contributed by atoms with Gasteiger partial charge in [-0.15, -0.1) is 0 Å².